The molecular weight excluding hydrogens is 276 g/mol. The summed E-state index contributed by atoms with van der Waals surface area (Å²) in [5.41, 5.74) is 8.29. The maximum atomic E-state index is 11.3. The molecule has 0 saturated carbocycles. The van der Waals surface area contributed by atoms with Crippen LogP contribution in [0.3, 0.4) is 0 Å². The van der Waals surface area contributed by atoms with E-state index in [2.05, 4.69) is 5.32 Å². The molecular formula is C15H15ClN2O2. The lowest BCUT2D eigenvalue weighted by Crippen LogP contribution is -2.01. The Balaban J connectivity index is 2.33. The van der Waals surface area contributed by atoms with Crippen molar-refractivity contribution in [2.24, 2.45) is 0 Å². The van der Waals surface area contributed by atoms with Gasteiger partial charge in [0.25, 0.3) is 0 Å². The first-order valence-corrected chi connectivity index (χ1v) is 6.40. The molecule has 0 aromatic heterocycles. The van der Waals surface area contributed by atoms with Crippen LogP contribution in [0.5, 0.6) is 5.75 Å². The van der Waals surface area contributed by atoms with Gasteiger partial charge in [-0.05, 0) is 43.3 Å². The zero-order valence-electron chi connectivity index (χ0n) is 11.2. The van der Waals surface area contributed by atoms with Gasteiger partial charge in [-0.1, -0.05) is 11.6 Å². The second kappa shape index (κ2) is 5.84. The van der Waals surface area contributed by atoms with E-state index >= 15 is 0 Å². The molecule has 0 bridgehead atoms. The van der Waals surface area contributed by atoms with Crippen LogP contribution in [0.4, 0.5) is 17.1 Å². The molecule has 0 radical (unpaired) electrons. The minimum absolute atomic E-state index is 0.0608. The lowest BCUT2D eigenvalue weighted by atomic mass is 10.1. The Labute approximate surface area is 122 Å². The van der Waals surface area contributed by atoms with Gasteiger partial charge in [0.2, 0.25) is 0 Å². The highest BCUT2D eigenvalue weighted by atomic mass is 35.5. The number of hydrogen-bond acceptors (Lipinski definition) is 4. The fourth-order valence-corrected chi connectivity index (χ4v) is 2.07. The number of ketones is 1. The molecule has 104 valence electrons. The van der Waals surface area contributed by atoms with Crippen molar-refractivity contribution in [2.45, 2.75) is 6.92 Å². The van der Waals surface area contributed by atoms with Crippen LogP contribution in [0.15, 0.2) is 36.4 Å². The topological polar surface area (TPSA) is 64.3 Å². The van der Waals surface area contributed by atoms with E-state index in [1.807, 2.05) is 0 Å². The smallest absolute Gasteiger partial charge is 0.161 e. The molecule has 0 unspecified atom stereocenters. The molecule has 5 heteroatoms. The van der Waals surface area contributed by atoms with Gasteiger partial charge in [-0.25, -0.2) is 0 Å². The highest BCUT2D eigenvalue weighted by Crippen LogP contribution is 2.31. The number of hydrogen-bond donors (Lipinski definition) is 2. The standard InChI is InChI=1S/C15H15ClN2O2/c1-9(19)12-5-4-11(8-13(12)17)18-14-7-10(16)3-6-15(14)20-2/h3-8,18H,17H2,1-2H3. The lowest BCUT2D eigenvalue weighted by Gasteiger charge is -2.12. The number of nitrogens with two attached hydrogens (primary N) is 1. The number of ether oxygens (including phenoxy) is 1. The predicted octanol–water partition coefficient (Wildman–Crippen LogP) is 3.88. The lowest BCUT2D eigenvalue weighted by molar-refractivity contribution is 0.101. The number of rotatable bonds is 4. The molecule has 0 spiro atoms. The Morgan fingerprint density at radius 3 is 2.60 bits per heavy atom. The Morgan fingerprint density at radius 1 is 1.25 bits per heavy atom. The molecule has 0 aliphatic rings. The largest absolute Gasteiger partial charge is 0.495 e. The number of nitrogen functional groups attached to an aromatic ring is 1. The van der Waals surface area contributed by atoms with Gasteiger partial charge in [0.05, 0.1) is 12.8 Å². The number of halogens is 1. The zero-order valence-corrected chi connectivity index (χ0v) is 12.0. The molecule has 0 heterocycles. The van der Waals surface area contributed by atoms with Crippen LogP contribution in [0.1, 0.15) is 17.3 Å². The van der Waals surface area contributed by atoms with Gasteiger partial charge in [-0.15, -0.1) is 0 Å². The SMILES string of the molecule is COc1ccc(Cl)cc1Nc1ccc(C(C)=O)c(N)c1. The maximum Gasteiger partial charge on any atom is 0.161 e. The molecule has 0 saturated heterocycles. The van der Waals surface area contributed by atoms with Crippen LogP contribution in [-0.2, 0) is 0 Å². The van der Waals surface area contributed by atoms with Crippen molar-refractivity contribution in [3.05, 3.63) is 47.0 Å². The highest BCUT2D eigenvalue weighted by Gasteiger charge is 2.08. The first-order valence-electron chi connectivity index (χ1n) is 6.02. The third kappa shape index (κ3) is 3.03. The summed E-state index contributed by atoms with van der Waals surface area (Å²) in [6.07, 6.45) is 0. The summed E-state index contributed by atoms with van der Waals surface area (Å²) in [4.78, 5) is 11.3. The van der Waals surface area contributed by atoms with Gasteiger partial charge >= 0.3 is 0 Å². The quantitative estimate of drug-likeness (QED) is 0.662. The second-order valence-corrected chi connectivity index (χ2v) is 4.76. The fraction of sp³-hybridized carbons (Fsp3) is 0.133. The minimum Gasteiger partial charge on any atom is -0.495 e. The van der Waals surface area contributed by atoms with Gasteiger partial charge < -0.3 is 15.8 Å². The number of nitrogens with one attached hydrogen (secondary N) is 1. The first kappa shape index (κ1) is 14.2. The summed E-state index contributed by atoms with van der Waals surface area (Å²) in [6.45, 7) is 1.48. The van der Waals surface area contributed by atoms with Crippen LogP contribution < -0.4 is 15.8 Å². The molecule has 0 atom stereocenters. The van der Waals surface area contributed by atoms with Crippen molar-refractivity contribution in [2.75, 3.05) is 18.2 Å². The van der Waals surface area contributed by atoms with E-state index in [9.17, 15) is 4.79 Å². The molecule has 0 amide bonds. The van der Waals surface area contributed by atoms with Gasteiger partial charge in [0.1, 0.15) is 5.75 Å². The van der Waals surface area contributed by atoms with Crippen LogP contribution in [0.25, 0.3) is 0 Å². The first-order chi connectivity index (χ1) is 9.51. The number of methoxy groups -OCH3 is 1. The monoisotopic (exact) mass is 290 g/mol. The van der Waals surface area contributed by atoms with Crippen molar-refractivity contribution < 1.29 is 9.53 Å². The number of anilines is 3. The minimum atomic E-state index is -0.0608. The summed E-state index contributed by atoms with van der Waals surface area (Å²) in [7, 11) is 1.58. The molecule has 0 fully saturated rings. The molecule has 0 aliphatic heterocycles. The molecule has 2 aromatic carbocycles. The third-order valence-electron chi connectivity index (χ3n) is 2.87. The van der Waals surface area contributed by atoms with Gasteiger partial charge in [-0.3, -0.25) is 4.79 Å². The zero-order chi connectivity index (χ0) is 14.7. The van der Waals surface area contributed by atoms with Gasteiger partial charge in [0, 0.05) is 22.0 Å². The van der Waals surface area contributed by atoms with E-state index in [1.165, 1.54) is 6.92 Å². The third-order valence-corrected chi connectivity index (χ3v) is 3.11. The molecule has 2 rings (SSSR count). The molecule has 3 N–H and O–H groups in total. The summed E-state index contributed by atoms with van der Waals surface area (Å²) in [5.74, 6) is 0.609. The summed E-state index contributed by atoms with van der Waals surface area (Å²) in [6, 6.07) is 10.5. The van der Waals surface area contributed by atoms with Crippen LogP contribution in [0, 0.1) is 0 Å². The maximum absolute atomic E-state index is 11.3. The van der Waals surface area contributed by atoms with Crippen molar-refractivity contribution in [3.63, 3.8) is 0 Å². The number of Topliss-reactive ketones (excluding diaryl/α,β-unsaturated/α-hetero) is 1. The van der Waals surface area contributed by atoms with Gasteiger partial charge in [0.15, 0.2) is 5.78 Å². The van der Waals surface area contributed by atoms with Crippen LogP contribution in [0.2, 0.25) is 5.02 Å². The van der Waals surface area contributed by atoms with Crippen molar-refractivity contribution in [1.29, 1.82) is 0 Å². The predicted molar refractivity (Wildman–Crippen MR) is 82.1 cm³/mol. The summed E-state index contributed by atoms with van der Waals surface area (Å²) >= 11 is 5.97. The fourth-order valence-electron chi connectivity index (χ4n) is 1.89. The summed E-state index contributed by atoms with van der Waals surface area (Å²) < 4.78 is 5.26. The van der Waals surface area contributed by atoms with E-state index in [0.717, 1.165) is 11.4 Å². The summed E-state index contributed by atoms with van der Waals surface area (Å²) in [5, 5.41) is 3.77. The molecule has 20 heavy (non-hydrogen) atoms. The normalized spacial score (nSPS) is 10.2. The number of carbonyl (C=O) groups is 1. The van der Waals surface area contributed by atoms with Crippen molar-refractivity contribution in [3.8, 4) is 5.75 Å². The number of benzene rings is 2. The van der Waals surface area contributed by atoms with Crippen molar-refractivity contribution >= 4 is 34.4 Å². The van der Waals surface area contributed by atoms with Gasteiger partial charge in [-0.2, -0.15) is 0 Å². The molecule has 0 aliphatic carbocycles. The average molecular weight is 291 g/mol. The Hall–Kier alpha value is -2.20. The van der Waals surface area contributed by atoms with E-state index in [0.29, 0.717) is 22.0 Å². The van der Waals surface area contributed by atoms with E-state index in [4.69, 9.17) is 22.1 Å². The van der Waals surface area contributed by atoms with Crippen LogP contribution >= 0.6 is 11.6 Å². The van der Waals surface area contributed by atoms with E-state index in [-0.39, 0.29) is 5.78 Å². The Bertz CT molecular complexity index is 656. The van der Waals surface area contributed by atoms with E-state index in [1.54, 1.807) is 43.5 Å². The Kier molecular flexibility index (Phi) is 4.15. The van der Waals surface area contributed by atoms with Crippen LogP contribution in [-0.4, -0.2) is 12.9 Å². The molecule has 2 aromatic rings. The molecule has 4 nitrogen and oxygen atoms in total. The second-order valence-electron chi connectivity index (χ2n) is 4.33. The Morgan fingerprint density at radius 2 is 2.00 bits per heavy atom. The number of carbonyl (C=O) groups excluding carboxylic acids is 1. The van der Waals surface area contributed by atoms with Crippen molar-refractivity contribution in [1.82, 2.24) is 0 Å². The average Bonchev–Trinajstić information content (AvgIpc) is 2.38. The van der Waals surface area contributed by atoms with E-state index < -0.39 is 0 Å². The highest BCUT2D eigenvalue weighted by molar-refractivity contribution is 6.31.